The van der Waals surface area contributed by atoms with Gasteiger partial charge in [-0.1, -0.05) is 6.07 Å². The number of aliphatic carboxylic acids is 1. The van der Waals surface area contributed by atoms with E-state index in [1.54, 1.807) is 30.3 Å². The topological polar surface area (TPSA) is 110 Å². The summed E-state index contributed by atoms with van der Waals surface area (Å²) in [5.41, 5.74) is 1.05. The summed E-state index contributed by atoms with van der Waals surface area (Å²) < 4.78 is 32.6. The Kier molecular flexibility index (Phi) is 5.33. The second-order valence-corrected chi connectivity index (χ2v) is 6.81. The molecule has 0 amide bonds. The molecular formula is C22H20O9. The Hall–Kier alpha value is -3.88. The quantitative estimate of drug-likeness (QED) is 0.695. The van der Waals surface area contributed by atoms with Crippen LogP contribution in [0.5, 0.6) is 28.7 Å². The third-order valence-electron chi connectivity index (χ3n) is 5.03. The molecule has 2 heterocycles. The van der Waals surface area contributed by atoms with Crippen molar-refractivity contribution in [2.24, 2.45) is 0 Å². The number of carboxylic acids is 1. The van der Waals surface area contributed by atoms with Crippen LogP contribution in [0.1, 0.15) is 24.0 Å². The molecule has 1 atom stereocenters. The minimum Gasteiger partial charge on any atom is -0.497 e. The number of ether oxygens (including phenoxy) is 6. The summed E-state index contributed by atoms with van der Waals surface area (Å²) in [6, 6.07) is 8.44. The Bertz CT molecular complexity index is 1090. The lowest BCUT2D eigenvalue weighted by Crippen LogP contribution is -2.25. The normalized spacial score (nSPS) is 16.3. The summed E-state index contributed by atoms with van der Waals surface area (Å²) in [4.78, 5) is 23.7. The first kappa shape index (κ1) is 20.4. The van der Waals surface area contributed by atoms with Gasteiger partial charge in [-0.25, -0.2) is 4.79 Å². The largest absolute Gasteiger partial charge is 0.497 e. The number of benzene rings is 2. The SMILES string of the molecule is COc1ccc(C2C(C(=O)O)=C(COC(C)=O)Oc3cc4c(cc32)OCO4)c(OC)c1. The summed E-state index contributed by atoms with van der Waals surface area (Å²) in [6.07, 6.45) is 0. The van der Waals surface area contributed by atoms with Gasteiger partial charge in [0.1, 0.15) is 23.9 Å². The monoisotopic (exact) mass is 428 g/mol. The van der Waals surface area contributed by atoms with Gasteiger partial charge < -0.3 is 33.5 Å². The maximum absolute atomic E-state index is 12.4. The van der Waals surface area contributed by atoms with Gasteiger partial charge in [0.15, 0.2) is 17.3 Å². The lowest BCUT2D eigenvalue weighted by Gasteiger charge is -2.30. The molecule has 2 aromatic rings. The molecule has 31 heavy (non-hydrogen) atoms. The average Bonchev–Trinajstić information content (AvgIpc) is 3.21. The zero-order valence-electron chi connectivity index (χ0n) is 17.1. The van der Waals surface area contributed by atoms with Crippen LogP contribution in [-0.2, 0) is 14.3 Å². The standard InChI is InChI=1S/C22H20O9/c1-11(23)28-9-19-21(22(24)25)20(13-5-4-12(26-2)6-15(13)27-3)14-7-17-18(30-10-29-17)8-16(14)31-19/h4-8,20H,9-10H2,1-3H3,(H,24,25). The Morgan fingerprint density at radius 3 is 2.42 bits per heavy atom. The number of carbonyl (C=O) groups is 2. The molecule has 0 aliphatic carbocycles. The number of rotatable bonds is 6. The number of esters is 1. The molecule has 2 aliphatic rings. The van der Waals surface area contributed by atoms with E-state index in [4.69, 9.17) is 28.4 Å². The minimum atomic E-state index is -1.21. The fourth-order valence-corrected chi connectivity index (χ4v) is 3.65. The first-order chi connectivity index (χ1) is 14.9. The maximum Gasteiger partial charge on any atom is 0.336 e. The first-order valence-electron chi connectivity index (χ1n) is 9.36. The van der Waals surface area contributed by atoms with Crippen molar-refractivity contribution in [1.29, 1.82) is 0 Å². The van der Waals surface area contributed by atoms with Gasteiger partial charge in [0.2, 0.25) is 6.79 Å². The summed E-state index contributed by atoms with van der Waals surface area (Å²) in [6.45, 7) is 0.952. The minimum absolute atomic E-state index is 0.0111. The van der Waals surface area contributed by atoms with Crippen molar-refractivity contribution in [3.63, 3.8) is 0 Å². The van der Waals surface area contributed by atoms with E-state index in [9.17, 15) is 14.7 Å². The lowest BCUT2D eigenvalue weighted by molar-refractivity contribution is -0.141. The number of hydrogen-bond donors (Lipinski definition) is 1. The van der Waals surface area contributed by atoms with E-state index in [2.05, 4.69) is 0 Å². The van der Waals surface area contributed by atoms with Crippen LogP contribution in [0.15, 0.2) is 41.7 Å². The Morgan fingerprint density at radius 1 is 1.03 bits per heavy atom. The van der Waals surface area contributed by atoms with E-state index in [-0.39, 0.29) is 24.7 Å². The van der Waals surface area contributed by atoms with E-state index in [1.807, 2.05) is 0 Å². The van der Waals surface area contributed by atoms with Gasteiger partial charge in [-0.15, -0.1) is 0 Å². The zero-order valence-corrected chi connectivity index (χ0v) is 17.1. The van der Waals surface area contributed by atoms with Crippen molar-refractivity contribution in [2.45, 2.75) is 12.8 Å². The second-order valence-electron chi connectivity index (χ2n) is 6.81. The van der Waals surface area contributed by atoms with Gasteiger partial charge in [-0.2, -0.15) is 0 Å². The number of carboxylic acid groups (broad SMARTS) is 1. The molecule has 9 nitrogen and oxygen atoms in total. The van der Waals surface area contributed by atoms with Crippen molar-refractivity contribution in [3.05, 3.63) is 52.8 Å². The second kappa shape index (κ2) is 8.10. The van der Waals surface area contributed by atoms with E-state index in [0.717, 1.165) is 0 Å². The van der Waals surface area contributed by atoms with Crippen molar-refractivity contribution in [2.75, 3.05) is 27.6 Å². The van der Waals surface area contributed by atoms with Crippen molar-refractivity contribution >= 4 is 11.9 Å². The predicted octanol–water partition coefficient (Wildman–Crippen LogP) is 2.86. The molecule has 1 N–H and O–H groups in total. The van der Waals surface area contributed by atoms with Crippen LogP contribution in [0.4, 0.5) is 0 Å². The fourth-order valence-electron chi connectivity index (χ4n) is 3.65. The van der Waals surface area contributed by atoms with Crippen LogP contribution in [0.3, 0.4) is 0 Å². The third-order valence-corrected chi connectivity index (χ3v) is 5.03. The van der Waals surface area contributed by atoms with Crippen molar-refractivity contribution in [3.8, 4) is 28.7 Å². The number of fused-ring (bicyclic) bond motifs is 2. The van der Waals surface area contributed by atoms with E-state index >= 15 is 0 Å². The van der Waals surface area contributed by atoms with E-state index < -0.39 is 17.9 Å². The molecular weight excluding hydrogens is 408 g/mol. The zero-order chi connectivity index (χ0) is 22.1. The summed E-state index contributed by atoms with van der Waals surface area (Å²) in [7, 11) is 3.01. The summed E-state index contributed by atoms with van der Waals surface area (Å²) in [5, 5.41) is 10.1. The summed E-state index contributed by atoms with van der Waals surface area (Å²) in [5.74, 6) is -0.236. The van der Waals surface area contributed by atoms with Gasteiger partial charge in [0.25, 0.3) is 0 Å². The van der Waals surface area contributed by atoms with Crippen LogP contribution in [0.25, 0.3) is 0 Å². The molecule has 2 aliphatic heterocycles. The molecule has 0 aromatic heterocycles. The lowest BCUT2D eigenvalue weighted by atomic mass is 9.81. The molecule has 162 valence electrons. The van der Waals surface area contributed by atoms with Gasteiger partial charge in [0, 0.05) is 30.2 Å². The first-order valence-corrected chi connectivity index (χ1v) is 9.36. The van der Waals surface area contributed by atoms with Crippen LogP contribution < -0.4 is 23.7 Å². The van der Waals surface area contributed by atoms with Gasteiger partial charge in [-0.3, -0.25) is 4.79 Å². The Morgan fingerprint density at radius 2 is 1.77 bits per heavy atom. The highest BCUT2D eigenvalue weighted by Crippen LogP contribution is 2.50. The Balaban J connectivity index is 1.94. The van der Waals surface area contributed by atoms with Crippen molar-refractivity contribution in [1.82, 2.24) is 0 Å². The van der Waals surface area contributed by atoms with Crippen LogP contribution in [0, 0.1) is 0 Å². The molecule has 9 heteroatoms. The van der Waals surface area contributed by atoms with Gasteiger partial charge >= 0.3 is 11.9 Å². The number of methoxy groups -OCH3 is 2. The smallest absolute Gasteiger partial charge is 0.336 e. The average molecular weight is 428 g/mol. The van der Waals surface area contributed by atoms with E-state index in [1.165, 1.54) is 21.1 Å². The molecule has 4 rings (SSSR count). The summed E-state index contributed by atoms with van der Waals surface area (Å²) >= 11 is 0. The third kappa shape index (κ3) is 3.70. The van der Waals surface area contributed by atoms with Crippen LogP contribution in [-0.4, -0.2) is 44.7 Å². The highest BCUT2D eigenvalue weighted by atomic mass is 16.7. The van der Waals surface area contributed by atoms with Gasteiger partial charge in [-0.05, 0) is 12.1 Å². The van der Waals surface area contributed by atoms with Crippen molar-refractivity contribution < 1.29 is 43.1 Å². The Labute approximate surface area is 177 Å². The highest BCUT2D eigenvalue weighted by molar-refractivity contribution is 5.92. The molecule has 2 aromatic carbocycles. The number of hydrogen-bond acceptors (Lipinski definition) is 8. The van der Waals surface area contributed by atoms with Crippen LogP contribution in [0.2, 0.25) is 0 Å². The molecule has 0 radical (unpaired) electrons. The van der Waals surface area contributed by atoms with E-state index in [0.29, 0.717) is 39.9 Å². The molecule has 0 spiro atoms. The maximum atomic E-state index is 12.4. The van der Waals surface area contributed by atoms with Gasteiger partial charge in [0.05, 0.1) is 25.7 Å². The molecule has 0 saturated heterocycles. The number of carbonyl (C=O) groups excluding carboxylic acids is 1. The highest BCUT2D eigenvalue weighted by Gasteiger charge is 2.38. The fraction of sp³-hybridized carbons (Fsp3) is 0.273. The van der Waals surface area contributed by atoms with Crippen LogP contribution >= 0.6 is 0 Å². The molecule has 0 saturated carbocycles. The molecule has 1 unspecified atom stereocenters. The molecule has 0 fully saturated rings. The predicted molar refractivity (Wildman–Crippen MR) is 106 cm³/mol. The molecule has 0 bridgehead atoms.